The van der Waals surface area contributed by atoms with Crippen LogP contribution in [0.15, 0.2) is 174 Å². The zero-order chi connectivity index (χ0) is 99.2. The van der Waals surface area contributed by atoms with Gasteiger partial charge in [-0.25, -0.2) is 19.0 Å². The number of β-amino-alcohol motifs (C(OH)–C–C–N with tert-alkyl or cyclic N) is 1. The Morgan fingerprint density at radius 1 is 0.525 bits per heavy atom. The second kappa shape index (κ2) is 36.3. The molecule has 10 aliphatic heterocycles. The molecule has 0 aliphatic carbocycles. The first-order valence-electron chi connectivity index (χ1n) is 44.3. The summed E-state index contributed by atoms with van der Waals surface area (Å²) in [6, 6.07) is 36.6. The summed E-state index contributed by atoms with van der Waals surface area (Å²) >= 11 is 0. The topological polar surface area (TPSA) is 532 Å². The number of pyridine rings is 3. The number of carbonyl (C=O) groups excluding carboxylic acids is 15. The number of amides is 17. The summed E-state index contributed by atoms with van der Waals surface area (Å²) in [5.74, 6) is -2.85. The highest BCUT2D eigenvalue weighted by atomic mass is 19.1. The lowest BCUT2D eigenvalue weighted by molar-refractivity contribution is -0.128. The first kappa shape index (κ1) is 92.7. The number of urea groups is 2. The van der Waals surface area contributed by atoms with Crippen LogP contribution in [0.4, 0.5) is 25.6 Å². The minimum absolute atomic E-state index is 0.0277. The minimum Gasteiger partial charge on any atom is -0.497 e. The molecule has 5 saturated heterocycles. The van der Waals surface area contributed by atoms with Crippen molar-refractivity contribution in [3.8, 4) is 23.0 Å². The van der Waals surface area contributed by atoms with E-state index in [0.29, 0.717) is 116 Å². The number of aliphatic hydroxyl groups excluding tert-OH is 1. The van der Waals surface area contributed by atoms with Crippen molar-refractivity contribution < 1.29 is 118 Å². The molecule has 720 valence electrons. The summed E-state index contributed by atoms with van der Waals surface area (Å²) in [7, 11) is 9.79. The molecule has 17 amide bonds. The third kappa shape index (κ3) is 17.1. The molecule has 5 fully saturated rings. The monoisotopic (exact) mass is 1920 g/mol. The molecule has 0 bridgehead atoms. The summed E-state index contributed by atoms with van der Waals surface area (Å²) in [6.07, 6.45) is 4.20. The number of furan rings is 4. The molecule has 42 nitrogen and oxygen atoms in total. The van der Waals surface area contributed by atoms with E-state index in [1.54, 1.807) is 122 Å². The summed E-state index contributed by atoms with van der Waals surface area (Å²) < 4.78 is 59.6. The number of carbonyl (C=O) groups is 15. The highest BCUT2D eigenvalue weighted by molar-refractivity contribution is 6.15. The van der Waals surface area contributed by atoms with Crippen LogP contribution in [0, 0.1) is 5.82 Å². The molecule has 17 heterocycles. The van der Waals surface area contributed by atoms with Crippen LogP contribution in [0.3, 0.4) is 0 Å². The van der Waals surface area contributed by atoms with Crippen molar-refractivity contribution in [3.63, 3.8) is 0 Å². The van der Waals surface area contributed by atoms with Crippen molar-refractivity contribution in [1.29, 1.82) is 0 Å². The average Bonchev–Trinajstić information content (AvgIpc) is 1.60. The number of ether oxygens (including phenoxy) is 4. The normalized spacial score (nSPS) is 20.8. The first-order chi connectivity index (χ1) is 67.6. The molecule has 0 unspecified atom stereocenters. The van der Waals surface area contributed by atoms with Gasteiger partial charge in [0.25, 0.3) is 41.4 Å². The lowest BCUT2D eigenvalue weighted by Gasteiger charge is -2.29. The van der Waals surface area contributed by atoms with Gasteiger partial charge in [-0.15, -0.1) is 0 Å². The Kier molecular flexibility index (Phi) is 23.8. The largest absolute Gasteiger partial charge is 0.497 e. The third-order valence-electron chi connectivity index (χ3n) is 26.0. The number of allylic oxidation sites excluding steroid dienone is 1. The number of likely N-dealkylation sites (N-methyl/N-ethyl adjacent to an activating group) is 1. The molecule has 5 aromatic carbocycles. The van der Waals surface area contributed by atoms with Crippen molar-refractivity contribution in [2.24, 2.45) is 4.99 Å². The molecule has 10 aliphatic rings. The molecule has 7 aromatic heterocycles. The predicted octanol–water partition coefficient (Wildman–Crippen LogP) is 6.17. The van der Waals surface area contributed by atoms with Gasteiger partial charge in [-0.3, -0.25) is 98.5 Å². The zero-order valence-corrected chi connectivity index (χ0v) is 76.4. The minimum atomic E-state index is -1.65. The second-order valence-electron chi connectivity index (χ2n) is 35.5. The van der Waals surface area contributed by atoms with Crippen LogP contribution >= 0.6 is 0 Å². The Hall–Kier alpha value is -17.4. The number of nitrogens with zero attached hydrogens (tertiary/aromatic N) is 10. The lowest BCUT2D eigenvalue weighted by Crippen LogP contribution is -2.52. The van der Waals surface area contributed by atoms with E-state index in [-0.39, 0.29) is 153 Å². The Bertz CT molecular complexity index is 7480. The van der Waals surface area contributed by atoms with Crippen molar-refractivity contribution in [3.05, 3.63) is 236 Å². The first-order valence-corrected chi connectivity index (χ1v) is 44.3. The maximum Gasteiger partial charge on any atom is 0.322 e. The second-order valence-corrected chi connectivity index (χ2v) is 35.5. The van der Waals surface area contributed by atoms with Crippen molar-refractivity contribution in [2.45, 2.75) is 80.4 Å². The SMILES string of the molecule is COc1ccc2c(c1)C(=O)N(C[C@@]1(c3cc4cc(C(=O)NCCN(C)C)c(F)cc4o3)CC(=O)NC1=O)C2.COc1ccc2c(c1)C(=O)N(C[C@@]1(c3cc4ccc(NC(C)=O)nc4o3)NC(=O)NC1=O)C2.COc1ccc2c(c1)C(=O)N(C[C@@]1(c3cc4cnc(C5=CCN=C5)cc4o3)NC(=O)NC1=O)C2.COc1ccc2c(c1)C(=O)N(C[C@@]1(c3cc4nc(N5C[C@H](O)CC5=O)ccc4o3)CC(=O)NC1=O)C2. The molecular formula is C98H87FN18O24. The fourth-order valence-electron chi connectivity index (χ4n) is 18.8. The Balaban J connectivity index is 0.000000120. The number of anilines is 2. The fourth-order valence-corrected chi connectivity index (χ4v) is 18.8. The van der Waals surface area contributed by atoms with E-state index in [1.807, 2.05) is 37.2 Å². The quantitative estimate of drug-likeness (QED) is 0.0255. The highest BCUT2D eigenvalue weighted by Gasteiger charge is 2.58. The van der Waals surface area contributed by atoms with Gasteiger partial charge in [0.2, 0.25) is 41.2 Å². The van der Waals surface area contributed by atoms with Gasteiger partial charge < -0.3 is 87.5 Å². The Morgan fingerprint density at radius 3 is 1.47 bits per heavy atom. The summed E-state index contributed by atoms with van der Waals surface area (Å²) in [5, 5.41) is 31.2. The number of aromatic nitrogens is 3. The van der Waals surface area contributed by atoms with Gasteiger partial charge in [0.1, 0.15) is 91.0 Å². The number of methoxy groups -OCH3 is 4. The number of halogens is 1. The molecule has 43 heteroatoms. The number of hydrogen-bond acceptors (Lipinski definition) is 29. The molecule has 5 atom stereocenters. The van der Waals surface area contributed by atoms with Gasteiger partial charge in [0, 0.05) is 134 Å². The number of nitrogens with one attached hydrogen (secondary N) is 8. The molecule has 0 radical (unpaired) electrons. The number of aliphatic imine (C=N–C) groups is 1. The fraction of sp³-hybridized carbons (Fsp3) is 0.276. The molecule has 0 saturated carbocycles. The zero-order valence-electron chi connectivity index (χ0n) is 76.4. The van der Waals surface area contributed by atoms with Gasteiger partial charge in [0.15, 0.2) is 16.7 Å². The van der Waals surface area contributed by atoms with Gasteiger partial charge in [-0.1, -0.05) is 30.3 Å². The van der Waals surface area contributed by atoms with Crippen LogP contribution in [0.2, 0.25) is 0 Å². The Labute approximate surface area is 797 Å². The summed E-state index contributed by atoms with van der Waals surface area (Å²) in [5.41, 5.74) is 1.91. The molecule has 22 rings (SSSR count). The number of aliphatic hydroxyl groups is 1. The number of fused-ring (bicyclic) bond motifs is 8. The van der Waals surface area contributed by atoms with E-state index in [4.69, 9.17) is 36.6 Å². The van der Waals surface area contributed by atoms with Crippen LogP contribution in [0.1, 0.15) is 129 Å². The van der Waals surface area contributed by atoms with E-state index >= 15 is 0 Å². The van der Waals surface area contributed by atoms with Gasteiger partial charge in [0.05, 0.1) is 91.2 Å². The maximum absolute atomic E-state index is 14.8. The summed E-state index contributed by atoms with van der Waals surface area (Å²) in [4.78, 5) is 217. The van der Waals surface area contributed by atoms with Crippen molar-refractivity contribution >= 4 is 156 Å². The summed E-state index contributed by atoms with van der Waals surface area (Å²) in [6.45, 7) is 3.66. The van der Waals surface area contributed by atoms with Gasteiger partial charge in [-0.2, -0.15) is 4.98 Å². The molecule has 9 N–H and O–H groups in total. The highest BCUT2D eigenvalue weighted by Crippen LogP contribution is 2.45. The molecular weight excluding hydrogens is 1830 g/mol. The lowest BCUT2D eigenvalue weighted by atomic mass is 9.82. The van der Waals surface area contributed by atoms with Crippen molar-refractivity contribution in [2.75, 3.05) is 105 Å². The number of rotatable bonds is 23. The van der Waals surface area contributed by atoms with Crippen molar-refractivity contribution in [1.82, 2.24) is 76.7 Å². The van der Waals surface area contributed by atoms with E-state index in [2.05, 4.69) is 62.5 Å². The maximum atomic E-state index is 14.8. The van der Waals surface area contributed by atoms with Gasteiger partial charge >= 0.3 is 12.1 Å². The van der Waals surface area contributed by atoms with Crippen LogP contribution in [0.25, 0.3) is 49.7 Å². The third-order valence-corrected chi connectivity index (χ3v) is 26.0. The van der Waals surface area contributed by atoms with E-state index < -0.39 is 87.2 Å². The van der Waals surface area contributed by atoms with E-state index in [9.17, 15) is 81.4 Å². The van der Waals surface area contributed by atoms with E-state index in [1.165, 1.54) is 72.0 Å². The van der Waals surface area contributed by atoms with E-state index in [0.717, 1.165) is 33.9 Å². The smallest absolute Gasteiger partial charge is 0.322 e. The standard InChI is InChI=1S/C27H27FN4O6.C25H22N4O7.C24H19N5O5.C22H19N5O6/c1-31(2)7-6-29-24(34)19-8-16-9-22(38-21(16)11-20(19)28)27(12-23(33)30-26(27)36)14-32-13-15-4-5-17(37-3)10-18(15)25(32)35;1-35-15-3-2-13-10-28(23(33)16(13)7-15)12-25(9-21(31)27-24(25)34)19-8-17-18(36-19)4-5-20(26-17)29-11-14(30)6-22(29)32;1-33-16-3-2-14-11-29(21(30)17(14)7-16)12-24(22(31)27-23(32)28-24)20-6-15-10-26-18(8-19(15)34-20)13-4-5-25-9-13;1-11(28)23-17-6-4-12-7-16(33-18(12)24-17)22(20(30)25-21(31)26-22)10-27-9-13-3-5-14(32-2)8-15(13)19(27)29/h4-5,8-11H,6-7,12-14H2,1-3H3,(H,29,34)(H,30,33,36);2-5,7-8,14,30H,6,9-12H2,1H3,(H,27,31,34);2-4,6-10H,5,11-12H2,1H3,(H2,27,28,31,32);3-8H,9-10H2,1-2H3,(H,23,24,28)(H2,25,26,30,31)/t27-;14-,25-;24-;22-/m1100/s1. The number of benzene rings is 5. The molecule has 0 spiro atoms. The van der Waals surface area contributed by atoms with Gasteiger partial charge in [-0.05, 0) is 133 Å². The number of imide groups is 4. The number of hydrogen-bond donors (Lipinski definition) is 9. The Morgan fingerprint density at radius 2 is 1.01 bits per heavy atom. The van der Waals surface area contributed by atoms with Crippen LogP contribution < -0.4 is 66.4 Å². The van der Waals surface area contributed by atoms with Crippen LogP contribution in [-0.4, -0.2) is 241 Å². The molecule has 12 aromatic rings. The molecule has 141 heavy (non-hydrogen) atoms. The average molecular weight is 1920 g/mol. The van der Waals surface area contributed by atoms with Crippen LogP contribution in [0.5, 0.6) is 23.0 Å². The predicted molar refractivity (Wildman–Crippen MR) is 494 cm³/mol. The van der Waals surface area contributed by atoms with Crippen LogP contribution in [-0.2, 0) is 86.4 Å².